The van der Waals surface area contributed by atoms with Crippen LogP contribution in [0.3, 0.4) is 0 Å². The molecule has 0 radical (unpaired) electrons. The number of nitrogens with one attached hydrogen (secondary N) is 3. The van der Waals surface area contributed by atoms with Gasteiger partial charge in [0.05, 0.1) is 12.3 Å². The highest BCUT2D eigenvalue weighted by Crippen LogP contribution is 2.30. The average Bonchev–Trinajstić information content (AvgIpc) is 3.29. The smallest absolute Gasteiger partial charge is 0.303 e. The number of anilines is 1. The van der Waals surface area contributed by atoms with Gasteiger partial charge in [-0.15, -0.1) is 18.3 Å². The van der Waals surface area contributed by atoms with Gasteiger partial charge in [-0.05, 0) is 56.0 Å². The van der Waals surface area contributed by atoms with E-state index in [1.807, 2.05) is 50.5 Å². The summed E-state index contributed by atoms with van der Waals surface area (Å²) in [6.45, 7) is 10.3. The summed E-state index contributed by atoms with van der Waals surface area (Å²) in [6.07, 6.45) is 7.31. The molecule has 0 saturated carbocycles. The molecule has 9 nitrogen and oxygen atoms in total. The molecule has 0 bridgehead atoms. The first-order chi connectivity index (χ1) is 18.0. The maximum absolute atomic E-state index is 12.9. The van der Waals surface area contributed by atoms with Crippen molar-refractivity contribution in [3.05, 3.63) is 66.5 Å². The van der Waals surface area contributed by atoms with Crippen LogP contribution in [0, 0.1) is 6.92 Å². The van der Waals surface area contributed by atoms with E-state index in [1.165, 1.54) is 17.3 Å². The quantitative estimate of drug-likeness (QED) is 0.239. The van der Waals surface area contributed by atoms with Crippen molar-refractivity contribution in [3.63, 3.8) is 0 Å². The highest BCUT2D eigenvalue weighted by molar-refractivity contribution is 8.01. The number of carboxylic acids is 1. The van der Waals surface area contributed by atoms with E-state index in [1.54, 1.807) is 12.1 Å². The third kappa shape index (κ3) is 10.8. The van der Waals surface area contributed by atoms with Crippen LogP contribution in [0.4, 0.5) is 5.69 Å². The van der Waals surface area contributed by atoms with E-state index >= 15 is 0 Å². The zero-order valence-electron chi connectivity index (χ0n) is 22.3. The third-order valence-electron chi connectivity index (χ3n) is 5.94. The molecule has 0 saturated heterocycles. The van der Waals surface area contributed by atoms with Gasteiger partial charge in [-0.25, -0.2) is 0 Å². The average molecular weight is 543 g/mol. The van der Waals surface area contributed by atoms with Gasteiger partial charge in [0.15, 0.2) is 0 Å². The Kier molecular flexibility index (Phi) is 12.1. The molecule has 0 aliphatic heterocycles. The van der Waals surface area contributed by atoms with E-state index < -0.39 is 23.8 Å². The van der Waals surface area contributed by atoms with Crippen molar-refractivity contribution in [1.29, 1.82) is 0 Å². The van der Waals surface area contributed by atoms with Gasteiger partial charge in [-0.1, -0.05) is 31.6 Å². The number of aliphatic carboxylic acids is 1. The number of amides is 3. The number of benzene rings is 1. The number of aryl methyl sites for hydroxylation is 1. The Bertz CT molecular complexity index is 1110. The van der Waals surface area contributed by atoms with Crippen LogP contribution in [0.25, 0.3) is 0 Å². The van der Waals surface area contributed by atoms with E-state index in [0.717, 1.165) is 18.4 Å². The summed E-state index contributed by atoms with van der Waals surface area (Å²) >= 11 is 1.45. The number of hydrogen-bond donors (Lipinski definition) is 4. The van der Waals surface area contributed by atoms with Crippen LogP contribution >= 0.6 is 11.8 Å². The minimum absolute atomic E-state index is 0.0868. The van der Waals surface area contributed by atoms with Crippen LogP contribution in [0.15, 0.2) is 55.4 Å². The molecular formula is C28H38N4O5S. The number of rotatable bonds is 16. The van der Waals surface area contributed by atoms with Crippen molar-refractivity contribution in [2.75, 3.05) is 17.6 Å². The first kappa shape index (κ1) is 30.7. The summed E-state index contributed by atoms with van der Waals surface area (Å²) in [5.74, 6) is -2.33. The van der Waals surface area contributed by atoms with Crippen LogP contribution in [0.1, 0.15) is 50.7 Å². The Morgan fingerprint density at radius 3 is 2.45 bits per heavy atom. The molecule has 2 aromatic rings. The first-order valence-corrected chi connectivity index (χ1v) is 13.6. The number of thioether (sulfide) groups is 1. The highest BCUT2D eigenvalue weighted by Gasteiger charge is 2.23. The lowest BCUT2D eigenvalue weighted by Crippen LogP contribution is -2.48. The Labute approximate surface area is 228 Å². The molecule has 2 atom stereocenters. The second kappa shape index (κ2) is 15.0. The Hall–Kier alpha value is -3.53. The van der Waals surface area contributed by atoms with Crippen LogP contribution in [-0.2, 0) is 25.7 Å². The summed E-state index contributed by atoms with van der Waals surface area (Å²) in [6, 6.07) is 8.25. The van der Waals surface area contributed by atoms with Crippen LogP contribution in [-0.4, -0.2) is 56.5 Å². The van der Waals surface area contributed by atoms with Gasteiger partial charge in [0, 0.05) is 35.8 Å². The molecule has 1 heterocycles. The van der Waals surface area contributed by atoms with Crippen LogP contribution < -0.4 is 16.0 Å². The van der Waals surface area contributed by atoms with E-state index in [9.17, 15) is 19.2 Å². The highest BCUT2D eigenvalue weighted by atomic mass is 32.2. The Morgan fingerprint density at radius 2 is 1.87 bits per heavy atom. The second-order valence-electron chi connectivity index (χ2n) is 9.43. The maximum atomic E-state index is 12.9. The molecule has 0 aliphatic rings. The summed E-state index contributed by atoms with van der Waals surface area (Å²) < 4.78 is 1.83. The van der Waals surface area contributed by atoms with Crippen molar-refractivity contribution >= 4 is 41.1 Å². The number of hydrogen-bond acceptors (Lipinski definition) is 5. The molecule has 2 rings (SSSR count). The molecule has 0 aliphatic carbocycles. The van der Waals surface area contributed by atoms with Gasteiger partial charge in [0.25, 0.3) is 0 Å². The minimum atomic E-state index is -1.08. The Morgan fingerprint density at radius 1 is 1.16 bits per heavy atom. The summed E-state index contributed by atoms with van der Waals surface area (Å²) in [5.41, 5.74) is 2.75. The molecule has 10 heteroatoms. The second-order valence-corrected chi connectivity index (χ2v) is 10.9. The lowest BCUT2D eigenvalue weighted by atomic mass is 10.1. The van der Waals surface area contributed by atoms with Crippen molar-refractivity contribution in [2.45, 2.75) is 63.8 Å². The summed E-state index contributed by atoms with van der Waals surface area (Å²) in [4.78, 5) is 48.6. The first-order valence-electron chi connectivity index (χ1n) is 12.6. The fourth-order valence-corrected chi connectivity index (χ4v) is 4.79. The van der Waals surface area contributed by atoms with Crippen LogP contribution in [0.2, 0.25) is 0 Å². The molecule has 1 aromatic carbocycles. The van der Waals surface area contributed by atoms with E-state index in [2.05, 4.69) is 34.0 Å². The topological polar surface area (TPSA) is 130 Å². The number of carbonyl (C=O) groups excluding carboxylic acids is 3. The Balaban J connectivity index is 1.90. The van der Waals surface area contributed by atoms with Gasteiger partial charge < -0.3 is 25.6 Å². The van der Waals surface area contributed by atoms with E-state index in [-0.39, 0.29) is 35.8 Å². The molecular weight excluding hydrogens is 504 g/mol. The van der Waals surface area contributed by atoms with Crippen molar-refractivity contribution in [1.82, 2.24) is 15.2 Å². The summed E-state index contributed by atoms with van der Waals surface area (Å²) in [5, 5.41) is 16.9. The predicted molar refractivity (Wildman–Crippen MR) is 151 cm³/mol. The molecule has 0 fully saturated rings. The lowest BCUT2D eigenvalue weighted by Gasteiger charge is -2.24. The van der Waals surface area contributed by atoms with Gasteiger partial charge in [0.1, 0.15) is 6.04 Å². The van der Waals surface area contributed by atoms with E-state index in [0.29, 0.717) is 12.2 Å². The lowest BCUT2D eigenvalue weighted by molar-refractivity contribution is -0.137. The zero-order chi connectivity index (χ0) is 28.1. The van der Waals surface area contributed by atoms with E-state index in [4.69, 9.17) is 5.11 Å². The van der Waals surface area contributed by atoms with Gasteiger partial charge >= 0.3 is 5.97 Å². The molecule has 3 amide bonds. The zero-order valence-corrected chi connectivity index (χ0v) is 23.1. The number of nitrogens with zero attached hydrogens (tertiary/aromatic N) is 1. The van der Waals surface area contributed by atoms with Crippen molar-refractivity contribution in [2.24, 2.45) is 0 Å². The van der Waals surface area contributed by atoms with Gasteiger partial charge in [-0.2, -0.15) is 0 Å². The molecule has 38 heavy (non-hydrogen) atoms. The van der Waals surface area contributed by atoms with Gasteiger partial charge in [-0.3, -0.25) is 19.2 Å². The monoisotopic (exact) mass is 542 g/mol. The van der Waals surface area contributed by atoms with Gasteiger partial charge in [0.2, 0.25) is 17.7 Å². The summed E-state index contributed by atoms with van der Waals surface area (Å²) in [7, 11) is 0. The predicted octanol–water partition coefficient (Wildman–Crippen LogP) is 3.73. The molecule has 206 valence electrons. The minimum Gasteiger partial charge on any atom is -0.481 e. The normalized spacial score (nSPS) is 13.1. The molecule has 4 N–H and O–H groups in total. The molecule has 1 unspecified atom stereocenters. The third-order valence-corrected chi connectivity index (χ3v) is 7.38. The number of aromatic nitrogens is 1. The fourth-order valence-electron chi connectivity index (χ4n) is 3.76. The maximum Gasteiger partial charge on any atom is 0.303 e. The largest absolute Gasteiger partial charge is 0.481 e. The van der Waals surface area contributed by atoms with Crippen LogP contribution in [0.5, 0.6) is 0 Å². The number of carboxylic acid groups (broad SMARTS) is 1. The van der Waals surface area contributed by atoms with Crippen molar-refractivity contribution in [3.8, 4) is 0 Å². The molecule has 1 aromatic heterocycles. The fraction of sp³-hybridized carbons (Fsp3) is 0.429. The molecule has 0 spiro atoms. The van der Waals surface area contributed by atoms with Crippen molar-refractivity contribution < 1.29 is 24.3 Å². The number of carbonyl (C=O) groups is 4. The SMILES string of the molecule is C=CC(C)(CCC)SCC(=O)NCC(=O)N[C@@H](CCC(=O)O)C(=O)Nc1ccc(Cn2ccc(C)c2)cc1. The standard InChI is InChI=1S/C28H38N4O5S/c1-5-14-28(4,6-2)38-19-25(34)29-16-24(33)31-23(11-12-26(35)36)27(37)30-22-9-7-21(8-10-22)18-32-15-13-20(3)17-32/h6-10,13,15,17,23H,2,5,11-12,14,16,18-19H2,1,3-4H3,(H,29,34)(H,30,37)(H,31,33)(H,35,36)/t23-,28?/m0/s1.